The van der Waals surface area contributed by atoms with E-state index >= 15 is 0 Å². The summed E-state index contributed by atoms with van der Waals surface area (Å²) in [5.41, 5.74) is 0. The third-order valence-electron chi connectivity index (χ3n) is 13.0. The smallest absolute Gasteiger partial charge is 0.463 e. The second-order valence-electron chi connectivity index (χ2n) is 20.8. The van der Waals surface area contributed by atoms with Gasteiger partial charge in [0.25, 0.3) is 0 Å². The highest BCUT2D eigenvalue weighted by molar-refractivity contribution is 7.47. The number of esters is 3. The molecule has 0 heterocycles. The van der Waals surface area contributed by atoms with Gasteiger partial charge in [0.15, 0.2) is 6.10 Å². The standard InChI is InChI=1S/C61H112O16P2/c1-4-7-10-13-16-19-22-24-26-27-29-31-33-35-38-41-44-47-59(64)71-50-56(62)51-73-78(67,68)74-52-57(63)53-75-79(69,70)76-55-58(77-61(66)49-46-43-40-37-32-21-18-15-12-9-6-3)54-72-60(65)48-45-42-39-36-34-30-28-25-23-20-17-14-11-8-5-2/h7,10,16,19,24-26,28,56-58,62-63H,4-6,8-9,11-15,17-18,20-23,27,29-55H2,1-3H3,(H,67,68)(H,69,70)/b10-7-,19-16-,26-24-,28-25-. The minimum absolute atomic E-state index is 0.109. The van der Waals surface area contributed by atoms with E-state index in [0.717, 1.165) is 128 Å². The van der Waals surface area contributed by atoms with Gasteiger partial charge in [0.2, 0.25) is 0 Å². The molecule has 0 bridgehead atoms. The van der Waals surface area contributed by atoms with Crippen LogP contribution in [-0.4, -0.2) is 95.9 Å². The fourth-order valence-corrected chi connectivity index (χ4v) is 9.87. The van der Waals surface area contributed by atoms with Gasteiger partial charge in [-0.15, -0.1) is 0 Å². The van der Waals surface area contributed by atoms with E-state index in [1.54, 1.807) is 0 Å². The number of rotatable bonds is 59. The summed E-state index contributed by atoms with van der Waals surface area (Å²) in [6.07, 6.45) is 51.8. The zero-order valence-corrected chi connectivity index (χ0v) is 51.3. The highest BCUT2D eigenvalue weighted by Gasteiger charge is 2.29. The summed E-state index contributed by atoms with van der Waals surface area (Å²) >= 11 is 0. The Morgan fingerprint density at radius 3 is 1.08 bits per heavy atom. The Morgan fingerprint density at radius 1 is 0.367 bits per heavy atom. The maximum Gasteiger partial charge on any atom is 0.472 e. The number of allylic oxidation sites excluding steroid dienone is 8. The molecule has 0 aromatic rings. The molecule has 0 spiro atoms. The molecule has 0 amide bonds. The third kappa shape index (κ3) is 57.1. The minimum Gasteiger partial charge on any atom is -0.463 e. The Balaban J connectivity index is 4.62. The van der Waals surface area contributed by atoms with Crippen LogP contribution in [0.25, 0.3) is 0 Å². The molecule has 16 nitrogen and oxygen atoms in total. The predicted molar refractivity (Wildman–Crippen MR) is 316 cm³/mol. The second-order valence-corrected chi connectivity index (χ2v) is 23.7. The number of aliphatic hydroxyl groups excluding tert-OH is 2. The van der Waals surface area contributed by atoms with E-state index in [9.17, 15) is 43.5 Å². The number of phosphoric ester groups is 2. The molecule has 0 aliphatic heterocycles. The maximum absolute atomic E-state index is 12.8. The summed E-state index contributed by atoms with van der Waals surface area (Å²) in [4.78, 5) is 58.1. The highest BCUT2D eigenvalue weighted by Crippen LogP contribution is 2.45. The van der Waals surface area contributed by atoms with Gasteiger partial charge in [0.1, 0.15) is 25.4 Å². The van der Waals surface area contributed by atoms with Crippen molar-refractivity contribution in [3.63, 3.8) is 0 Å². The summed E-state index contributed by atoms with van der Waals surface area (Å²) in [7, 11) is -9.75. The molecular weight excluding hydrogens is 1050 g/mol. The molecule has 5 atom stereocenters. The van der Waals surface area contributed by atoms with Crippen molar-refractivity contribution in [1.82, 2.24) is 0 Å². The number of unbranched alkanes of at least 4 members (excludes halogenated alkanes) is 28. The Hall–Kier alpha value is -2.49. The molecule has 0 rings (SSSR count). The van der Waals surface area contributed by atoms with Gasteiger partial charge in [-0.3, -0.25) is 32.5 Å². The van der Waals surface area contributed by atoms with Gasteiger partial charge in [-0.25, -0.2) is 9.13 Å². The molecule has 0 aliphatic rings. The molecule has 0 aromatic carbocycles. The van der Waals surface area contributed by atoms with Crippen LogP contribution < -0.4 is 0 Å². The molecule has 5 unspecified atom stereocenters. The first-order valence-corrected chi connectivity index (χ1v) is 33.9. The fraction of sp³-hybridized carbons (Fsp3) is 0.820. The Morgan fingerprint density at radius 2 is 0.671 bits per heavy atom. The first kappa shape index (κ1) is 76.5. The predicted octanol–water partition coefficient (Wildman–Crippen LogP) is 16.1. The monoisotopic (exact) mass is 1160 g/mol. The SMILES string of the molecule is CC/C=C\C/C=C\C/C=C\CCCCCCCCCC(=O)OCC(O)COP(=O)(O)OCC(O)COP(=O)(O)OCC(COC(=O)CCCCCCC/C=C\CCCCCCCC)OC(=O)CCCCCCCCCCCCC. The van der Waals surface area contributed by atoms with Crippen molar-refractivity contribution < 1.29 is 75.8 Å². The quantitative estimate of drug-likeness (QED) is 0.0146. The normalized spacial score (nSPS) is 14.8. The van der Waals surface area contributed by atoms with Crippen molar-refractivity contribution in [2.75, 3.05) is 39.6 Å². The largest absolute Gasteiger partial charge is 0.472 e. The lowest BCUT2D eigenvalue weighted by atomic mass is 10.1. The third-order valence-corrected chi connectivity index (χ3v) is 14.9. The van der Waals surface area contributed by atoms with Crippen LogP contribution in [0.15, 0.2) is 48.6 Å². The van der Waals surface area contributed by atoms with E-state index < -0.39 is 91.5 Å². The zero-order chi connectivity index (χ0) is 58.2. The Kier molecular flexibility index (Phi) is 54.2. The number of ether oxygens (including phenoxy) is 3. The van der Waals surface area contributed by atoms with Gasteiger partial charge in [-0.1, -0.05) is 217 Å². The van der Waals surface area contributed by atoms with Crippen LogP contribution in [-0.2, 0) is 55.8 Å². The summed E-state index contributed by atoms with van der Waals surface area (Å²) in [6.45, 7) is 2.53. The first-order valence-electron chi connectivity index (χ1n) is 30.9. The minimum atomic E-state index is -4.91. The lowest BCUT2D eigenvalue weighted by Gasteiger charge is -2.21. The number of carbonyl (C=O) groups is 3. The van der Waals surface area contributed by atoms with E-state index in [0.29, 0.717) is 19.3 Å². The van der Waals surface area contributed by atoms with Gasteiger partial charge in [0, 0.05) is 19.3 Å². The van der Waals surface area contributed by atoms with Crippen molar-refractivity contribution >= 4 is 33.6 Å². The van der Waals surface area contributed by atoms with E-state index in [4.69, 9.17) is 32.3 Å². The number of hydrogen-bond donors (Lipinski definition) is 4. The van der Waals surface area contributed by atoms with Crippen molar-refractivity contribution in [2.24, 2.45) is 0 Å². The van der Waals surface area contributed by atoms with Crippen molar-refractivity contribution in [2.45, 2.75) is 283 Å². The van der Waals surface area contributed by atoms with Gasteiger partial charge >= 0.3 is 33.6 Å². The molecule has 462 valence electrons. The van der Waals surface area contributed by atoms with Crippen LogP contribution in [0.3, 0.4) is 0 Å². The van der Waals surface area contributed by atoms with E-state index in [1.165, 1.54) is 77.0 Å². The van der Waals surface area contributed by atoms with Crippen LogP contribution in [0.4, 0.5) is 0 Å². The molecular formula is C61H112O16P2. The van der Waals surface area contributed by atoms with E-state index in [-0.39, 0.29) is 19.3 Å². The van der Waals surface area contributed by atoms with E-state index in [2.05, 4.69) is 69.4 Å². The topological polar surface area (TPSA) is 231 Å². The first-order chi connectivity index (χ1) is 38.2. The molecule has 0 aliphatic carbocycles. The van der Waals surface area contributed by atoms with Crippen LogP contribution in [0, 0.1) is 0 Å². The van der Waals surface area contributed by atoms with Gasteiger partial charge < -0.3 is 34.2 Å². The summed E-state index contributed by atoms with van der Waals surface area (Å²) in [6, 6.07) is 0. The lowest BCUT2D eigenvalue weighted by molar-refractivity contribution is -0.161. The van der Waals surface area contributed by atoms with Crippen LogP contribution in [0.1, 0.15) is 265 Å². The Labute approximate surface area is 478 Å². The molecule has 0 saturated carbocycles. The second kappa shape index (κ2) is 56.0. The van der Waals surface area contributed by atoms with Crippen molar-refractivity contribution in [3.8, 4) is 0 Å². The fourth-order valence-electron chi connectivity index (χ4n) is 8.28. The summed E-state index contributed by atoms with van der Waals surface area (Å²) in [5, 5.41) is 20.5. The summed E-state index contributed by atoms with van der Waals surface area (Å²) in [5.74, 6) is -1.58. The number of aliphatic hydroxyl groups is 2. The van der Waals surface area contributed by atoms with Crippen molar-refractivity contribution in [1.29, 1.82) is 0 Å². The van der Waals surface area contributed by atoms with Crippen LogP contribution >= 0.6 is 15.6 Å². The molecule has 79 heavy (non-hydrogen) atoms. The average molecular weight is 1160 g/mol. The molecule has 4 N–H and O–H groups in total. The lowest BCUT2D eigenvalue weighted by Crippen LogP contribution is -2.30. The number of hydrogen-bond acceptors (Lipinski definition) is 14. The van der Waals surface area contributed by atoms with Gasteiger partial charge in [-0.05, 0) is 77.0 Å². The molecule has 18 heteroatoms. The van der Waals surface area contributed by atoms with Crippen molar-refractivity contribution in [3.05, 3.63) is 48.6 Å². The molecule has 0 saturated heterocycles. The average Bonchev–Trinajstić information content (AvgIpc) is 3.42. The maximum atomic E-state index is 12.8. The number of phosphoric acid groups is 2. The van der Waals surface area contributed by atoms with Gasteiger partial charge in [0.05, 0.1) is 26.4 Å². The van der Waals surface area contributed by atoms with E-state index in [1.807, 2.05) is 0 Å². The molecule has 0 fully saturated rings. The van der Waals surface area contributed by atoms with Gasteiger partial charge in [-0.2, -0.15) is 0 Å². The highest BCUT2D eigenvalue weighted by atomic mass is 31.2. The molecule has 0 aromatic heterocycles. The number of carbonyl (C=O) groups excluding carboxylic acids is 3. The zero-order valence-electron chi connectivity index (χ0n) is 49.5. The van der Waals surface area contributed by atoms with Crippen LogP contribution in [0.5, 0.6) is 0 Å². The summed E-state index contributed by atoms with van der Waals surface area (Å²) < 4.78 is 60.6. The van der Waals surface area contributed by atoms with Crippen LogP contribution in [0.2, 0.25) is 0 Å². The Bertz CT molecular complexity index is 1650. The molecule has 0 radical (unpaired) electrons.